The summed E-state index contributed by atoms with van der Waals surface area (Å²) in [5.41, 5.74) is 0. The van der Waals surface area contributed by atoms with Crippen molar-refractivity contribution in [1.29, 1.82) is 0 Å². The Balaban J connectivity index is 0.00000105. The van der Waals surface area contributed by atoms with Crippen molar-refractivity contribution in [3.05, 3.63) is 120 Å². The molecule has 67 heavy (non-hydrogen) atoms. The van der Waals surface area contributed by atoms with Gasteiger partial charge < -0.3 is 9.47 Å². The molecule has 4 aromatic carbocycles. The Morgan fingerprint density at radius 1 is 0.403 bits per heavy atom. The molecule has 0 radical (unpaired) electrons. The summed E-state index contributed by atoms with van der Waals surface area (Å²) >= 11 is 0. The topological polar surface area (TPSA) is 52.6 Å². The SMILES string of the molecule is CCCCCCCCCCCCCCCCCC(=O)Oc1ccc(F)[c-]c1F.CCCCCCCCCCCCCCCCCC(=O)Oc1ccc(F)[c-]c1F.[Ti+4].c1cc[cH-]c1.c1cc[cH-]c1. The van der Waals surface area contributed by atoms with Crippen molar-refractivity contribution in [3.8, 4) is 11.5 Å². The standard InChI is InChI=1S/2C24H37F2O2.2C5H5.Ti/c2*1-2-3-4-5-6-7-8-9-10-11-12-13-14-15-16-17-24(27)28-23-19-18-21(25)20-22(23)26;2*1-2-4-5-3-1;/h2*18-19H,2-17H2,1H3;2*1-5H;/q4*-1;+4. The average molecular weight is 969 g/mol. The van der Waals surface area contributed by atoms with Crippen LogP contribution in [-0.4, -0.2) is 11.9 Å². The molecule has 372 valence electrons. The number of benzene rings is 2. The van der Waals surface area contributed by atoms with E-state index in [2.05, 4.69) is 13.8 Å². The van der Waals surface area contributed by atoms with E-state index in [1.165, 1.54) is 154 Å². The van der Waals surface area contributed by atoms with Crippen molar-refractivity contribution in [2.75, 3.05) is 0 Å². The molecule has 0 atom stereocenters. The molecule has 0 N–H and O–H groups in total. The number of carbonyl (C=O) groups is 2. The van der Waals surface area contributed by atoms with Gasteiger partial charge in [-0.2, -0.15) is 36.4 Å². The number of unbranched alkanes of at least 4 members (excludes halogenated alkanes) is 28. The summed E-state index contributed by atoms with van der Waals surface area (Å²) in [6.07, 6.45) is 38.4. The van der Waals surface area contributed by atoms with E-state index in [1.54, 1.807) is 0 Å². The van der Waals surface area contributed by atoms with Crippen molar-refractivity contribution in [2.45, 2.75) is 219 Å². The maximum absolute atomic E-state index is 13.4. The number of halogens is 4. The number of ether oxygens (including phenoxy) is 2. The van der Waals surface area contributed by atoms with E-state index in [0.29, 0.717) is 0 Å². The predicted molar refractivity (Wildman–Crippen MR) is 265 cm³/mol. The van der Waals surface area contributed by atoms with Crippen LogP contribution in [0.4, 0.5) is 17.6 Å². The second kappa shape index (κ2) is 47.6. The van der Waals surface area contributed by atoms with E-state index in [1.807, 2.05) is 72.8 Å². The first kappa shape index (κ1) is 63.5. The van der Waals surface area contributed by atoms with Crippen LogP contribution in [0.2, 0.25) is 0 Å². The van der Waals surface area contributed by atoms with Crippen LogP contribution in [0.5, 0.6) is 11.5 Å². The van der Waals surface area contributed by atoms with Gasteiger partial charge in [0.1, 0.15) is 0 Å². The molecule has 0 aliphatic carbocycles. The molecule has 0 heterocycles. The molecule has 0 aliphatic rings. The third-order valence-corrected chi connectivity index (χ3v) is 11.2. The Morgan fingerprint density at radius 2 is 0.642 bits per heavy atom. The number of esters is 2. The summed E-state index contributed by atoms with van der Waals surface area (Å²) in [5, 5.41) is 0. The van der Waals surface area contributed by atoms with Crippen LogP contribution in [0.3, 0.4) is 0 Å². The maximum Gasteiger partial charge on any atom is 4.00 e. The van der Waals surface area contributed by atoms with Gasteiger partial charge in [0.2, 0.25) is 0 Å². The van der Waals surface area contributed by atoms with E-state index < -0.39 is 35.2 Å². The third kappa shape index (κ3) is 41.2. The minimum atomic E-state index is -0.968. The van der Waals surface area contributed by atoms with Crippen LogP contribution in [0.15, 0.2) is 84.9 Å². The van der Waals surface area contributed by atoms with Crippen molar-refractivity contribution in [2.24, 2.45) is 0 Å². The molecule has 0 saturated heterocycles. The summed E-state index contributed by atoms with van der Waals surface area (Å²) in [6, 6.07) is 28.0. The zero-order valence-corrected chi connectivity index (χ0v) is 42.9. The molecule has 0 amide bonds. The second-order valence-corrected chi connectivity index (χ2v) is 17.2. The summed E-state index contributed by atoms with van der Waals surface area (Å²) in [6.45, 7) is 4.51. The molecule has 0 fully saturated rings. The van der Waals surface area contributed by atoms with Crippen LogP contribution in [0.1, 0.15) is 219 Å². The zero-order valence-electron chi connectivity index (χ0n) is 41.4. The Hall–Kier alpha value is -3.49. The molecule has 4 nitrogen and oxygen atoms in total. The maximum atomic E-state index is 13.4. The fourth-order valence-corrected chi connectivity index (χ4v) is 7.29. The van der Waals surface area contributed by atoms with Gasteiger partial charge in [-0.15, -0.1) is 36.4 Å². The Kier molecular flexibility index (Phi) is 45.1. The normalized spacial score (nSPS) is 10.4. The fourth-order valence-electron chi connectivity index (χ4n) is 7.29. The summed E-state index contributed by atoms with van der Waals surface area (Å²) in [4.78, 5) is 23.4. The van der Waals surface area contributed by atoms with E-state index in [4.69, 9.17) is 9.47 Å². The smallest absolute Gasteiger partial charge is 0.488 e. The van der Waals surface area contributed by atoms with Gasteiger partial charge in [0.25, 0.3) is 11.9 Å². The van der Waals surface area contributed by atoms with E-state index in [9.17, 15) is 27.2 Å². The Morgan fingerprint density at radius 3 is 0.851 bits per heavy atom. The molecule has 0 aromatic heterocycles. The number of hydrogen-bond acceptors (Lipinski definition) is 4. The van der Waals surface area contributed by atoms with Gasteiger partial charge in [0.15, 0.2) is 0 Å². The summed E-state index contributed by atoms with van der Waals surface area (Å²) in [5.74, 6) is -5.02. The first-order valence-electron chi connectivity index (χ1n) is 25.8. The van der Waals surface area contributed by atoms with E-state index in [0.717, 1.165) is 62.8 Å². The summed E-state index contributed by atoms with van der Waals surface area (Å²) in [7, 11) is 0. The van der Waals surface area contributed by atoms with Gasteiger partial charge in [-0.05, 0) is 12.8 Å². The number of carbonyl (C=O) groups excluding carboxylic acids is 2. The van der Waals surface area contributed by atoms with Crippen molar-refractivity contribution in [1.82, 2.24) is 0 Å². The van der Waals surface area contributed by atoms with Gasteiger partial charge >= 0.3 is 21.7 Å². The molecular formula is C58H84F4O4Ti. The average Bonchev–Trinajstić information content (AvgIpc) is 4.10. The first-order chi connectivity index (χ1) is 32.3. The van der Waals surface area contributed by atoms with E-state index >= 15 is 0 Å². The van der Waals surface area contributed by atoms with E-state index in [-0.39, 0.29) is 46.1 Å². The molecule has 4 rings (SSSR count). The molecule has 0 unspecified atom stereocenters. The summed E-state index contributed by atoms with van der Waals surface area (Å²) < 4.78 is 62.0. The van der Waals surface area contributed by atoms with Gasteiger partial charge in [0, 0.05) is 24.5 Å². The van der Waals surface area contributed by atoms with Crippen LogP contribution >= 0.6 is 0 Å². The molecule has 4 aromatic rings. The quantitative estimate of drug-likeness (QED) is 0.0117. The van der Waals surface area contributed by atoms with Crippen LogP contribution in [0.25, 0.3) is 0 Å². The Bertz CT molecular complexity index is 1490. The van der Waals surface area contributed by atoms with Crippen molar-refractivity contribution in [3.63, 3.8) is 0 Å². The minimum Gasteiger partial charge on any atom is -0.488 e. The minimum absolute atomic E-state index is 0. The number of rotatable bonds is 34. The van der Waals surface area contributed by atoms with Crippen molar-refractivity contribution >= 4 is 11.9 Å². The molecule has 0 spiro atoms. The first-order valence-corrected chi connectivity index (χ1v) is 25.8. The largest absolute Gasteiger partial charge is 4.00 e. The molecule has 0 saturated carbocycles. The monoisotopic (exact) mass is 969 g/mol. The fraction of sp³-hybridized carbons (Fsp3) is 0.586. The molecular weight excluding hydrogens is 884 g/mol. The zero-order chi connectivity index (χ0) is 48.0. The molecule has 0 aliphatic heterocycles. The van der Waals surface area contributed by atoms with Crippen LogP contribution < -0.4 is 9.47 Å². The number of hydrogen-bond donors (Lipinski definition) is 0. The van der Waals surface area contributed by atoms with Crippen LogP contribution in [0, 0.1) is 35.4 Å². The van der Waals surface area contributed by atoms with Gasteiger partial charge in [0.05, 0.1) is 23.1 Å². The Labute approximate surface area is 419 Å². The second-order valence-electron chi connectivity index (χ2n) is 17.2. The van der Waals surface area contributed by atoms with Crippen molar-refractivity contribution < 1.29 is 58.3 Å². The van der Waals surface area contributed by atoms with Crippen LogP contribution in [-0.2, 0) is 31.3 Å². The van der Waals surface area contributed by atoms with Gasteiger partial charge in [-0.25, -0.2) is 41.8 Å². The predicted octanol–water partition coefficient (Wildman–Crippen LogP) is 18.7. The molecule has 0 bridgehead atoms. The molecule has 9 heteroatoms. The van der Waals surface area contributed by atoms with Gasteiger partial charge in [-0.1, -0.05) is 194 Å². The van der Waals surface area contributed by atoms with Gasteiger partial charge in [-0.3, -0.25) is 9.59 Å². The third-order valence-electron chi connectivity index (χ3n) is 11.2.